The number of benzene rings is 1. The van der Waals surface area contributed by atoms with E-state index in [0.29, 0.717) is 6.04 Å². The van der Waals surface area contributed by atoms with Gasteiger partial charge in [-0.15, -0.1) is 0 Å². The Morgan fingerprint density at radius 1 is 1.26 bits per heavy atom. The SMILES string of the molecule is CC(CCN(C)c1ccc(F)cc1)N1CCNCC1. The van der Waals surface area contributed by atoms with Crippen LogP contribution in [-0.2, 0) is 0 Å². The average Bonchev–Trinajstić information content (AvgIpc) is 2.46. The third kappa shape index (κ3) is 4.18. The highest BCUT2D eigenvalue weighted by atomic mass is 19.1. The van der Waals surface area contributed by atoms with Gasteiger partial charge >= 0.3 is 0 Å². The van der Waals surface area contributed by atoms with E-state index in [9.17, 15) is 4.39 Å². The van der Waals surface area contributed by atoms with Crippen LogP contribution in [0.15, 0.2) is 24.3 Å². The van der Waals surface area contributed by atoms with E-state index in [1.165, 1.54) is 12.1 Å². The van der Waals surface area contributed by atoms with Crippen molar-refractivity contribution in [2.75, 3.05) is 44.7 Å². The standard InChI is InChI=1S/C15H24FN3/c1-13(19-11-8-17-9-12-19)7-10-18(2)15-5-3-14(16)4-6-15/h3-6,13,17H,7-12H2,1-2H3. The highest BCUT2D eigenvalue weighted by Gasteiger charge is 2.16. The smallest absolute Gasteiger partial charge is 0.123 e. The number of rotatable bonds is 5. The lowest BCUT2D eigenvalue weighted by Crippen LogP contribution is -2.48. The lowest BCUT2D eigenvalue weighted by atomic mass is 10.1. The molecule has 1 N–H and O–H groups in total. The van der Waals surface area contributed by atoms with Crippen molar-refractivity contribution >= 4 is 5.69 Å². The maximum absolute atomic E-state index is 12.9. The first-order valence-electron chi connectivity index (χ1n) is 7.08. The van der Waals surface area contributed by atoms with Crippen molar-refractivity contribution in [1.29, 1.82) is 0 Å². The van der Waals surface area contributed by atoms with Crippen LogP contribution < -0.4 is 10.2 Å². The summed E-state index contributed by atoms with van der Waals surface area (Å²) < 4.78 is 12.9. The molecule has 1 atom stereocenters. The first kappa shape index (κ1) is 14.3. The molecule has 0 aliphatic carbocycles. The van der Waals surface area contributed by atoms with Gasteiger partial charge < -0.3 is 10.2 Å². The van der Waals surface area contributed by atoms with Crippen LogP contribution in [0.5, 0.6) is 0 Å². The van der Waals surface area contributed by atoms with Gasteiger partial charge in [0.05, 0.1) is 0 Å². The summed E-state index contributed by atoms with van der Waals surface area (Å²) in [4.78, 5) is 4.73. The van der Waals surface area contributed by atoms with Crippen molar-refractivity contribution in [3.8, 4) is 0 Å². The van der Waals surface area contributed by atoms with Gasteiger partial charge in [0.1, 0.15) is 5.82 Å². The number of halogens is 1. The zero-order valence-corrected chi connectivity index (χ0v) is 11.9. The third-order valence-corrected chi connectivity index (χ3v) is 3.92. The Kier molecular flexibility index (Phi) is 5.16. The summed E-state index contributed by atoms with van der Waals surface area (Å²) >= 11 is 0. The van der Waals surface area contributed by atoms with Gasteiger partial charge in [-0.2, -0.15) is 0 Å². The molecule has 2 rings (SSSR count). The molecule has 0 saturated carbocycles. The van der Waals surface area contributed by atoms with E-state index in [1.807, 2.05) is 12.1 Å². The second kappa shape index (κ2) is 6.87. The molecule has 1 aromatic rings. The van der Waals surface area contributed by atoms with Crippen LogP contribution in [0.25, 0.3) is 0 Å². The second-order valence-corrected chi connectivity index (χ2v) is 5.32. The predicted octanol–water partition coefficient (Wildman–Crippen LogP) is 1.95. The molecule has 1 aliphatic heterocycles. The van der Waals surface area contributed by atoms with Gasteiger partial charge in [0.15, 0.2) is 0 Å². The highest BCUT2D eigenvalue weighted by Crippen LogP contribution is 2.14. The molecule has 0 amide bonds. The summed E-state index contributed by atoms with van der Waals surface area (Å²) in [6.45, 7) is 7.76. The van der Waals surface area contributed by atoms with Gasteiger partial charge in [0.2, 0.25) is 0 Å². The van der Waals surface area contributed by atoms with Crippen molar-refractivity contribution in [2.24, 2.45) is 0 Å². The van der Waals surface area contributed by atoms with Gasteiger partial charge in [-0.05, 0) is 37.6 Å². The molecule has 1 heterocycles. The molecule has 0 spiro atoms. The fourth-order valence-electron chi connectivity index (χ4n) is 2.51. The minimum atomic E-state index is -0.175. The fourth-order valence-corrected chi connectivity index (χ4v) is 2.51. The molecule has 19 heavy (non-hydrogen) atoms. The molecule has 4 heteroatoms. The van der Waals surface area contributed by atoms with Crippen LogP contribution in [0.2, 0.25) is 0 Å². The summed E-state index contributed by atoms with van der Waals surface area (Å²) in [6, 6.07) is 7.32. The van der Waals surface area contributed by atoms with E-state index >= 15 is 0 Å². The van der Waals surface area contributed by atoms with Gasteiger partial charge in [0.25, 0.3) is 0 Å². The van der Waals surface area contributed by atoms with Crippen LogP contribution in [0, 0.1) is 5.82 Å². The van der Waals surface area contributed by atoms with E-state index < -0.39 is 0 Å². The number of hydrogen-bond donors (Lipinski definition) is 1. The van der Waals surface area contributed by atoms with Gasteiger partial charge in [-0.25, -0.2) is 4.39 Å². The quantitative estimate of drug-likeness (QED) is 0.878. The topological polar surface area (TPSA) is 18.5 Å². The molecule has 1 aliphatic rings. The minimum Gasteiger partial charge on any atom is -0.375 e. The largest absolute Gasteiger partial charge is 0.375 e. The maximum atomic E-state index is 12.9. The summed E-state index contributed by atoms with van der Waals surface area (Å²) in [5.74, 6) is -0.175. The Morgan fingerprint density at radius 2 is 1.89 bits per heavy atom. The van der Waals surface area contributed by atoms with E-state index in [4.69, 9.17) is 0 Å². The van der Waals surface area contributed by atoms with Crippen LogP contribution in [0.4, 0.5) is 10.1 Å². The average molecular weight is 265 g/mol. The molecule has 1 fully saturated rings. The molecule has 1 saturated heterocycles. The maximum Gasteiger partial charge on any atom is 0.123 e. The van der Waals surface area contributed by atoms with Crippen molar-refractivity contribution < 1.29 is 4.39 Å². The van der Waals surface area contributed by atoms with Crippen molar-refractivity contribution in [3.63, 3.8) is 0 Å². The van der Waals surface area contributed by atoms with E-state index in [0.717, 1.165) is 44.8 Å². The Hall–Kier alpha value is -1.13. The minimum absolute atomic E-state index is 0.175. The van der Waals surface area contributed by atoms with Crippen molar-refractivity contribution in [1.82, 2.24) is 10.2 Å². The summed E-state index contributed by atoms with van der Waals surface area (Å²) in [5, 5.41) is 3.38. The zero-order chi connectivity index (χ0) is 13.7. The fraction of sp³-hybridized carbons (Fsp3) is 0.600. The van der Waals surface area contributed by atoms with E-state index in [-0.39, 0.29) is 5.82 Å². The molecule has 3 nitrogen and oxygen atoms in total. The molecule has 0 bridgehead atoms. The molecule has 1 aromatic carbocycles. The van der Waals surface area contributed by atoms with E-state index in [1.54, 1.807) is 0 Å². The Labute approximate surface area is 115 Å². The number of piperazine rings is 1. The van der Waals surface area contributed by atoms with Crippen LogP contribution in [0.3, 0.4) is 0 Å². The Balaban J connectivity index is 1.79. The first-order chi connectivity index (χ1) is 9.16. The second-order valence-electron chi connectivity index (χ2n) is 5.32. The van der Waals surface area contributed by atoms with Crippen LogP contribution in [0.1, 0.15) is 13.3 Å². The number of nitrogens with zero attached hydrogens (tertiary/aromatic N) is 2. The number of anilines is 1. The number of nitrogens with one attached hydrogen (secondary N) is 1. The summed E-state index contributed by atoms with van der Waals surface area (Å²) in [5.41, 5.74) is 1.08. The Bertz CT molecular complexity index is 373. The predicted molar refractivity (Wildman–Crippen MR) is 78.2 cm³/mol. The highest BCUT2D eigenvalue weighted by molar-refractivity contribution is 5.45. The summed E-state index contributed by atoms with van der Waals surface area (Å²) in [7, 11) is 2.07. The van der Waals surface area contributed by atoms with Gasteiger partial charge in [-0.1, -0.05) is 0 Å². The first-order valence-corrected chi connectivity index (χ1v) is 7.08. The normalized spacial score (nSPS) is 18.3. The molecule has 1 unspecified atom stereocenters. The van der Waals surface area contributed by atoms with Crippen LogP contribution in [-0.4, -0.2) is 50.7 Å². The van der Waals surface area contributed by atoms with Crippen molar-refractivity contribution in [3.05, 3.63) is 30.1 Å². The van der Waals surface area contributed by atoms with Gasteiger partial charge in [0, 0.05) is 51.5 Å². The molecule has 0 aromatic heterocycles. The van der Waals surface area contributed by atoms with Gasteiger partial charge in [-0.3, -0.25) is 4.90 Å². The lowest BCUT2D eigenvalue weighted by Gasteiger charge is -2.33. The van der Waals surface area contributed by atoms with E-state index in [2.05, 4.69) is 29.1 Å². The monoisotopic (exact) mass is 265 g/mol. The molecule has 0 radical (unpaired) electrons. The third-order valence-electron chi connectivity index (χ3n) is 3.92. The lowest BCUT2D eigenvalue weighted by molar-refractivity contribution is 0.178. The molecular formula is C15H24FN3. The summed E-state index contributed by atoms with van der Waals surface area (Å²) in [6.07, 6.45) is 1.13. The number of hydrogen-bond acceptors (Lipinski definition) is 3. The van der Waals surface area contributed by atoms with Crippen molar-refractivity contribution in [2.45, 2.75) is 19.4 Å². The van der Waals surface area contributed by atoms with Crippen LogP contribution >= 0.6 is 0 Å². The molecular weight excluding hydrogens is 241 g/mol. The molecule has 106 valence electrons. The Morgan fingerprint density at radius 3 is 2.53 bits per heavy atom. The zero-order valence-electron chi connectivity index (χ0n) is 11.9.